The number of methoxy groups -OCH3 is 1. The molecule has 12 nitrogen and oxygen atoms in total. The lowest BCUT2D eigenvalue weighted by molar-refractivity contribution is -0.139. The molecule has 2 saturated carbocycles. The average Bonchev–Trinajstić information content (AvgIpc) is 3.97. The molecular formula is C37H47N5O7S2. The summed E-state index contributed by atoms with van der Waals surface area (Å²) in [5.41, 5.74) is 0.978. The fraction of sp³-hybridized carbons (Fsp3) is 0.595. The summed E-state index contributed by atoms with van der Waals surface area (Å²) >= 11 is 1.51. The van der Waals surface area contributed by atoms with Crippen molar-refractivity contribution in [2.75, 3.05) is 13.7 Å². The fourth-order valence-corrected chi connectivity index (χ4v) is 9.74. The van der Waals surface area contributed by atoms with E-state index in [1.165, 1.54) is 11.3 Å². The highest BCUT2D eigenvalue weighted by Crippen LogP contribution is 2.48. The van der Waals surface area contributed by atoms with E-state index in [1.807, 2.05) is 29.6 Å². The predicted octanol–water partition coefficient (Wildman–Crippen LogP) is 5.46. The SMILES string of the molecule is COc1ccc2c(O[C@@H]3C[C@H]4C(=O)N[C@]5(C(=O)NS(=O)(=O)C6CC6)C[C@H]5CCCCCCCCC(=O)N4C3)cc(-c3nc(C(C)C)cs3)nc2c1. The van der Waals surface area contributed by atoms with E-state index in [4.69, 9.17) is 19.4 Å². The molecule has 51 heavy (non-hydrogen) atoms. The summed E-state index contributed by atoms with van der Waals surface area (Å²) in [6.45, 7) is 4.38. The van der Waals surface area contributed by atoms with Crippen molar-refractivity contribution >= 4 is 50.0 Å². The Balaban J connectivity index is 1.17. The molecule has 1 aromatic carbocycles. The van der Waals surface area contributed by atoms with Gasteiger partial charge in [0.2, 0.25) is 21.8 Å². The van der Waals surface area contributed by atoms with E-state index in [9.17, 15) is 22.8 Å². The third kappa shape index (κ3) is 7.58. The Morgan fingerprint density at radius 1 is 1.06 bits per heavy atom. The number of amides is 3. The van der Waals surface area contributed by atoms with Gasteiger partial charge in [-0.25, -0.2) is 18.4 Å². The molecule has 0 spiro atoms. The van der Waals surface area contributed by atoms with E-state index in [-0.39, 0.29) is 30.7 Å². The van der Waals surface area contributed by atoms with Gasteiger partial charge in [-0.2, -0.15) is 0 Å². The maximum Gasteiger partial charge on any atom is 0.259 e. The maximum atomic E-state index is 14.2. The van der Waals surface area contributed by atoms with Crippen molar-refractivity contribution in [3.8, 4) is 22.2 Å². The van der Waals surface area contributed by atoms with Crippen molar-refractivity contribution in [3.05, 3.63) is 35.3 Å². The first-order valence-corrected chi connectivity index (χ1v) is 20.7. The number of sulfonamides is 1. The maximum absolute atomic E-state index is 14.2. The molecule has 14 heteroatoms. The number of nitrogens with one attached hydrogen (secondary N) is 2. The topological polar surface area (TPSA) is 157 Å². The molecule has 274 valence electrons. The zero-order chi connectivity index (χ0) is 35.9. The highest BCUT2D eigenvalue weighted by Gasteiger charge is 2.62. The van der Waals surface area contributed by atoms with Crippen LogP contribution in [0.25, 0.3) is 21.6 Å². The summed E-state index contributed by atoms with van der Waals surface area (Å²) in [4.78, 5) is 52.9. The molecule has 0 radical (unpaired) electrons. The molecule has 4 atom stereocenters. The van der Waals surface area contributed by atoms with Crippen LogP contribution in [0.1, 0.15) is 103 Å². The largest absolute Gasteiger partial charge is 0.497 e. The second-order valence-corrected chi connectivity index (χ2v) is 17.7. The van der Waals surface area contributed by atoms with Crippen LogP contribution < -0.4 is 19.5 Å². The van der Waals surface area contributed by atoms with E-state index < -0.39 is 44.8 Å². The molecule has 4 aliphatic rings. The number of carbonyl (C=O) groups excluding carboxylic acids is 3. The number of carbonyl (C=O) groups is 3. The molecule has 2 aliphatic heterocycles. The van der Waals surface area contributed by atoms with Gasteiger partial charge >= 0.3 is 0 Å². The molecule has 2 aliphatic carbocycles. The minimum absolute atomic E-state index is 0.132. The van der Waals surface area contributed by atoms with Gasteiger partial charge in [0.15, 0.2) is 0 Å². The van der Waals surface area contributed by atoms with Crippen molar-refractivity contribution in [3.63, 3.8) is 0 Å². The van der Waals surface area contributed by atoms with Crippen LogP contribution in [0.2, 0.25) is 0 Å². The smallest absolute Gasteiger partial charge is 0.259 e. The first-order chi connectivity index (χ1) is 24.5. The molecular weight excluding hydrogens is 691 g/mol. The van der Waals surface area contributed by atoms with Crippen LogP contribution in [0.4, 0.5) is 0 Å². The molecule has 2 saturated heterocycles. The van der Waals surface area contributed by atoms with Crippen molar-refractivity contribution in [1.29, 1.82) is 0 Å². The quantitative estimate of drug-likeness (QED) is 0.307. The van der Waals surface area contributed by atoms with Gasteiger partial charge in [-0.15, -0.1) is 11.3 Å². The van der Waals surface area contributed by atoms with Crippen LogP contribution in [-0.4, -0.2) is 77.6 Å². The Hall–Kier alpha value is -3.78. The minimum Gasteiger partial charge on any atom is -0.497 e. The van der Waals surface area contributed by atoms with Crippen molar-refractivity contribution < 1.29 is 32.3 Å². The van der Waals surface area contributed by atoms with Crippen LogP contribution in [0.3, 0.4) is 0 Å². The molecule has 4 heterocycles. The van der Waals surface area contributed by atoms with Gasteiger partial charge in [0.1, 0.15) is 39.9 Å². The number of fused-ring (bicyclic) bond motifs is 3. The van der Waals surface area contributed by atoms with E-state index in [0.717, 1.165) is 61.0 Å². The highest BCUT2D eigenvalue weighted by atomic mass is 32.2. The fourth-order valence-electron chi connectivity index (χ4n) is 7.43. The number of hydrogen-bond acceptors (Lipinski definition) is 10. The van der Waals surface area contributed by atoms with E-state index in [2.05, 4.69) is 23.9 Å². The van der Waals surface area contributed by atoms with E-state index in [0.29, 0.717) is 48.4 Å². The van der Waals surface area contributed by atoms with Crippen LogP contribution in [0, 0.1) is 5.92 Å². The summed E-state index contributed by atoms with van der Waals surface area (Å²) in [5.74, 6) is 0.0393. The lowest BCUT2D eigenvalue weighted by Gasteiger charge is -2.26. The Labute approximate surface area is 303 Å². The van der Waals surface area contributed by atoms with Crippen molar-refractivity contribution in [2.24, 2.45) is 5.92 Å². The molecule has 7 rings (SSSR count). The molecule has 2 N–H and O–H groups in total. The normalized spacial score (nSPS) is 26.1. The summed E-state index contributed by atoms with van der Waals surface area (Å²) in [7, 11) is -2.20. The number of thiazole rings is 1. The summed E-state index contributed by atoms with van der Waals surface area (Å²) in [6, 6.07) is 6.56. The van der Waals surface area contributed by atoms with Crippen LogP contribution >= 0.6 is 11.3 Å². The van der Waals surface area contributed by atoms with Crippen LogP contribution in [0.5, 0.6) is 11.5 Å². The second-order valence-electron chi connectivity index (χ2n) is 14.9. The first-order valence-electron chi connectivity index (χ1n) is 18.3. The standard InChI is InChI=1S/C37H47N5O7S2/c1-22(2)30-21-50-35(39-30)29-18-32(27-15-12-24(48-3)16-28(27)38-29)49-25-17-31-34(44)40-37(36(45)41-51(46,47)26-13-14-26)19-23(37)10-8-6-4-5-7-9-11-33(43)42(31)20-25/h12,15-16,18,21-23,25-26,31H,4-11,13-14,17,19-20H2,1-3H3,(H,40,44)(H,41,45)/t23-,25-,31+,37-/m1/s1. The Bertz CT molecular complexity index is 1930. The second kappa shape index (κ2) is 14.3. The number of ether oxygens (including phenoxy) is 2. The minimum atomic E-state index is -3.80. The molecule has 4 fully saturated rings. The molecule has 0 bridgehead atoms. The van der Waals surface area contributed by atoms with Crippen LogP contribution in [0.15, 0.2) is 29.6 Å². The number of aromatic nitrogens is 2. The lowest BCUT2D eigenvalue weighted by atomic mass is 10.0. The van der Waals surface area contributed by atoms with Gasteiger partial charge in [-0.3, -0.25) is 19.1 Å². The molecule has 0 unspecified atom stereocenters. The number of hydrogen-bond donors (Lipinski definition) is 2. The third-order valence-corrected chi connectivity index (χ3v) is 13.4. The molecule has 3 aromatic rings. The Morgan fingerprint density at radius 2 is 1.82 bits per heavy atom. The van der Waals surface area contributed by atoms with Gasteiger partial charge in [0.25, 0.3) is 5.91 Å². The molecule has 3 amide bonds. The van der Waals surface area contributed by atoms with Crippen molar-refractivity contribution in [1.82, 2.24) is 24.9 Å². The van der Waals surface area contributed by atoms with Gasteiger partial charge < -0.3 is 19.7 Å². The van der Waals surface area contributed by atoms with E-state index >= 15 is 0 Å². The van der Waals surface area contributed by atoms with Crippen molar-refractivity contribution in [2.45, 2.75) is 120 Å². The predicted molar refractivity (Wildman–Crippen MR) is 194 cm³/mol. The number of nitrogens with zero attached hydrogens (tertiary/aromatic N) is 3. The zero-order valence-electron chi connectivity index (χ0n) is 29.5. The summed E-state index contributed by atoms with van der Waals surface area (Å²) < 4.78 is 40.0. The summed E-state index contributed by atoms with van der Waals surface area (Å²) in [5, 5.41) is 5.97. The van der Waals surface area contributed by atoms with Crippen LogP contribution in [-0.2, 0) is 24.4 Å². The molecule has 2 aromatic heterocycles. The Kier molecular flexibility index (Phi) is 10.0. The van der Waals surface area contributed by atoms with Gasteiger partial charge in [-0.1, -0.05) is 46.0 Å². The highest BCUT2D eigenvalue weighted by molar-refractivity contribution is 7.91. The van der Waals surface area contributed by atoms with E-state index in [1.54, 1.807) is 12.0 Å². The lowest BCUT2D eigenvalue weighted by Crippen LogP contribution is -2.56. The summed E-state index contributed by atoms with van der Waals surface area (Å²) in [6.07, 6.45) is 7.71. The number of pyridine rings is 1. The third-order valence-electron chi connectivity index (χ3n) is 10.7. The average molecular weight is 738 g/mol. The van der Waals surface area contributed by atoms with Gasteiger partial charge in [-0.05, 0) is 56.1 Å². The number of benzene rings is 1. The number of rotatable bonds is 8. The van der Waals surface area contributed by atoms with Gasteiger partial charge in [0.05, 0.1) is 30.1 Å². The first kappa shape index (κ1) is 35.6. The zero-order valence-corrected chi connectivity index (χ0v) is 31.1. The monoisotopic (exact) mass is 737 g/mol. The van der Waals surface area contributed by atoms with Gasteiger partial charge in [0, 0.05) is 35.7 Å². The Morgan fingerprint density at radius 3 is 2.55 bits per heavy atom.